The first-order valence-electron chi connectivity index (χ1n) is 8.77. The third-order valence-electron chi connectivity index (χ3n) is 4.44. The van der Waals surface area contributed by atoms with Crippen LogP contribution in [0.1, 0.15) is 17.2 Å². The number of anilines is 1. The zero-order valence-corrected chi connectivity index (χ0v) is 15.8. The Balaban J connectivity index is 1.58. The van der Waals surface area contributed by atoms with Gasteiger partial charge in [0.05, 0.1) is 19.6 Å². The van der Waals surface area contributed by atoms with Gasteiger partial charge in [0.15, 0.2) is 0 Å². The van der Waals surface area contributed by atoms with Crippen molar-refractivity contribution in [2.75, 3.05) is 32.1 Å². The Kier molecular flexibility index (Phi) is 6.32. The second kappa shape index (κ2) is 8.88. The Morgan fingerprint density at radius 3 is 2.52 bits per heavy atom. The van der Waals surface area contributed by atoms with E-state index in [-0.39, 0.29) is 18.0 Å². The van der Waals surface area contributed by atoms with Crippen LogP contribution in [0.15, 0.2) is 48.5 Å². The summed E-state index contributed by atoms with van der Waals surface area (Å²) in [5.74, 6) is -0.0478. The van der Waals surface area contributed by atoms with E-state index in [0.717, 1.165) is 11.1 Å². The molecule has 0 aliphatic carbocycles. The van der Waals surface area contributed by atoms with Crippen LogP contribution in [0.4, 0.5) is 10.5 Å². The first kappa shape index (κ1) is 19.2. The van der Waals surface area contributed by atoms with Gasteiger partial charge in [0.1, 0.15) is 6.10 Å². The number of amides is 3. The first-order valence-corrected chi connectivity index (χ1v) is 9.15. The summed E-state index contributed by atoms with van der Waals surface area (Å²) in [6, 6.07) is 14.6. The molecule has 2 aromatic carbocycles. The highest BCUT2D eigenvalue weighted by Crippen LogP contribution is 2.24. The third kappa shape index (κ3) is 5.21. The number of likely N-dealkylation sites (N-methyl/N-ethyl adjacent to an activating group) is 1. The van der Waals surface area contributed by atoms with E-state index in [0.29, 0.717) is 36.8 Å². The number of carbonyl (C=O) groups excluding carboxylic acids is 2. The molecule has 3 amide bonds. The fourth-order valence-electron chi connectivity index (χ4n) is 2.90. The molecule has 0 radical (unpaired) electrons. The molecule has 1 aliphatic rings. The van der Waals surface area contributed by atoms with Gasteiger partial charge >= 0.3 is 6.03 Å². The molecule has 0 bridgehead atoms. The Hall–Kier alpha value is -2.57. The zero-order valence-electron chi connectivity index (χ0n) is 15.1. The van der Waals surface area contributed by atoms with Crippen molar-refractivity contribution in [1.82, 2.24) is 10.2 Å². The molecular formula is C20H22ClN3O3. The summed E-state index contributed by atoms with van der Waals surface area (Å²) in [5, 5.41) is 6.16. The molecule has 1 atom stereocenters. The molecule has 0 spiro atoms. The number of hydrogen-bond acceptors (Lipinski definition) is 3. The standard InChI is InChI=1S/C20H22ClN3O3/c1-22-19(25)12-14-2-8-17(9-3-14)23-20(26)24-10-11-27-18(13-24)15-4-6-16(21)7-5-15/h2-9,18H,10-13H2,1H3,(H,22,25)(H,23,26). The van der Waals surface area contributed by atoms with Gasteiger partial charge in [-0.1, -0.05) is 35.9 Å². The van der Waals surface area contributed by atoms with Crippen molar-refractivity contribution in [3.63, 3.8) is 0 Å². The van der Waals surface area contributed by atoms with Gasteiger partial charge in [-0.05, 0) is 35.4 Å². The van der Waals surface area contributed by atoms with Crippen molar-refractivity contribution in [1.29, 1.82) is 0 Å². The minimum atomic E-state index is -0.170. The second-order valence-corrected chi connectivity index (χ2v) is 6.77. The number of rotatable bonds is 4. The van der Waals surface area contributed by atoms with Crippen LogP contribution in [0, 0.1) is 0 Å². The Morgan fingerprint density at radius 1 is 1.15 bits per heavy atom. The van der Waals surface area contributed by atoms with Crippen LogP contribution < -0.4 is 10.6 Å². The van der Waals surface area contributed by atoms with Crippen LogP contribution >= 0.6 is 11.6 Å². The summed E-state index contributed by atoms with van der Waals surface area (Å²) in [6.45, 7) is 1.48. The predicted molar refractivity (Wildman–Crippen MR) is 105 cm³/mol. The van der Waals surface area contributed by atoms with Crippen LogP contribution in [0.2, 0.25) is 5.02 Å². The summed E-state index contributed by atoms with van der Waals surface area (Å²) in [5.41, 5.74) is 2.58. The highest BCUT2D eigenvalue weighted by Gasteiger charge is 2.25. The molecule has 6 nitrogen and oxygen atoms in total. The number of nitrogens with one attached hydrogen (secondary N) is 2. The third-order valence-corrected chi connectivity index (χ3v) is 4.70. The number of ether oxygens (including phenoxy) is 1. The molecule has 1 aliphatic heterocycles. The predicted octanol–water partition coefficient (Wildman–Crippen LogP) is 3.23. The number of urea groups is 1. The van der Waals surface area contributed by atoms with Crippen LogP contribution in [0.5, 0.6) is 0 Å². The lowest BCUT2D eigenvalue weighted by molar-refractivity contribution is -0.119. The molecule has 1 fully saturated rings. The van der Waals surface area contributed by atoms with Gasteiger partial charge in [-0.2, -0.15) is 0 Å². The molecule has 27 heavy (non-hydrogen) atoms. The summed E-state index contributed by atoms with van der Waals surface area (Å²) in [4.78, 5) is 25.7. The minimum absolute atomic E-state index is 0.0478. The fourth-order valence-corrected chi connectivity index (χ4v) is 3.02. The molecular weight excluding hydrogens is 366 g/mol. The molecule has 0 saturated carbocycles. The maximum atomic E-state index is 12.6. The van der Waals surface area contributed by atoms with E-state index in [9.17, 15) is 9.59 Å². The van der Waals surface area contributed by atoms with Crippen LogP contribution in [-0.4, -0.2) is 43.6 Å². The number of carbonyl (C=O) groups is 2. The molecule has 1 heterocycles. The van der Waals surface area contributed by atoms with E-state index < -0.39 is 0 Å². The van der Waals surface area contributed by atoms with E-state index in [1.807, 2.05) is 36.4 Å². The Labute approximate surface area is 163 Å². The topological polar surface area (TPSA) is 70.7 Å². The number of hydrogen-bond donors (Lipinski definition) is 2. The van der Waals surface area contributed by atoms with Gasteiger partial charge in [0.2, 0.25) is 5.91 Å². The van der Waals surface area contributed by atoms with Gasteiger partial charge in [-0.25, -0.2) is 4.79 Å². The molecule has 0 aromatic heterocycles. The molecule has 2 N–H and O–H groups in total. The Morgan fingerprint density at radius 2 is 1.85 bits per heavy atom. The zero-order chi connectivity index (χ0) is 19.2. The highest BCUT2D eigenvalue weighted by molar-refractivity contribution is 6.30. The second-order valence-electron chi connectivity index (χ2n) is 6.33. The molecule has 1 unspecified atom stereocenters. The smallest absolute Gasteiger partial charge is 0.322 e. The summed E-state index contributed by atoms with van der Waals surface area (Å²) >= 11 is 5.93. The summed E-state index contributed by atoms with van der Waals surface area (Å²) in [6.07, 6.45) is 0.147. The monoisotopic (exact) mass is 387 g/mol. The molecule has 7 heteroatoms. The molecule has 2 aromatic rings. The van der Waals surface area contributed by atoms with Crippen LogP contribution in [0.25, 0.3) is 0 Å². The number of nitrogens with zero attached hydrogens (tertiary/aromatic N) is 1. The maximum Gasteiger partial charge on any atom is 0.322 e. The van der Waals surface area contributed by atoms with E-state index in [1.54, 1.807) is 24.1 Å². The summed E-state index contributed by atoms with van der Waals surface area (Å²) in [7, 11) is 1.61. The van der Waals surface area contributed by atoms with E-state index in [1.165, 1.54) is 0 Å². The molecule has 142 valence electrons. The van der Waals surface area contributed by atoms with Crippen molar-refractivity contribution in [2.24, 2.45) is 0 Å². The van der Waals surface area contributed by atoms with Gasteiger partial charge in [-0.15, -0.1) is 0 Å². The lowest BCUT2D eigenvalue weighted by atomic mass is 10.1. The highest BCUT2D eigenvalue weighted by atomic mass is 35.5. The van der Waals surface area contributed by atoms with E-state index in [2.05, 4.69) is 10.6 Å². The van der Waals surface area contributed by atoms with Crippen LogP contribution in [0.3, 0.4) is 0 Å². The van der Waals surface area contributed by atoms with Gasteiger partial charge in [-0.3, -0.25) is 4.79 Å². The number of morpholine rings is 1. The summed E-state index contributed by atoms with van der Waals surface area (Å²) < 4.78 is 5.80. The Bertz CT molecular complexity index is 793. The van der Waals surface area contributed by atoms with E-state index >= 15 is 0 Å². The molecule has 3 rings (SSSR count). The average molecular weight is 388 g/mol. The number of halogens is 1. The van der Waals surface area contributed by atoms with Crippen molar-refractivity contribution in [3.05, 3.63) is 64.7 Å². The van der Waals surface area contributed by atoms with Crippen molar-refractivity contribution in [3.8, 4) is 0 Å². The van der Waals surface area contributed by atoms with Gasteiger partial charge in [0, 0.05) is 24.3 Å². The molecule has 1 saturated heterocycles. The van der Waals surface area contributed by atoms with Crippen molar-refractivity contribution >= 4 is 29.2 Å². The lowest BCUT2D eigenvalue weighted by Gasteiger charge is -2.33. The first-order chi connectivity index (χ1) is 13.0. The van der Waals surface area contributed by atoms with Crippen molar-refractivity contribution in [2.45, 2.75) is 12.5 Å². The maximum absolute atomic E-state index is 12.6. The number of benzene rings is 2. The average Bonchev–Trinajstić information content (AvgIpc) is 2.70. The van der Waals surface area contributed by atoms with Gasteiger partial charge in [0.25, 0.3) is 0 Å². The van der Waals surface area contributed by atoms with Gasteiger partial charge < -0.3 is 20.3 Å². The minimum Gasteiger partial charge on any atom is -0.370 e. The normalized spacial score (nSPS) is 16.7. The van der Waals surface area contributed by atoms with Crippen molar-refractivity contribution < 1.29 is 14.3 Å². The SMILES string of the molecule is CNC(=O)Cc1ccc(NC(=O)N2CCOC(c3ccc(Cl)cc3)C2)cc1. The fraction of sp³-hybridized carbons (Fsp3) is 0.300. The quantitative estimate of drug-likeness (QED) is 0.846. The van der Waals surface area contributed by atoms with E-state index in [4.69, 9.17) is 16.3 Å². The largest absolute Gasteiger partial charge is 0.370 e. The lowest BCUT2D eigenvalue weighted by Crippen LogP contribution is -2.44. The van der Waals surface area contributed by atoms with Crippen LogP contribution in [-0.2, 0) is 16.0 Å².